The molecule has 0 saturated heterocycles. The van der Waals surface area contributed by atoms with E-state index in [4.69, 9.17) is 0 Å². The standard InChI is InChI=1S/C18H22N4O2S/c1-2-15(23)19-14-10-8-12(9-11-14)16(24)20-18-22-21-17(25-18)13-6-4-3-5-7-13/h8-11,13H,2-7H2,1H3,(H,19,23)(H,20,22,24). The smallest absolute Gasteiger partial charge is 0.257 e. The molecule has 6 nitrogen and oxygen atoms in total. The van der Waals surface area contributed by atoms with Crippen LogP contribution in [0.5, 0.6) is 0 Å². The summed E-state index contributed by atoms with van der Waals surface area (Å²) in [6.45, 7) is 1.79. The summed E-state index contributed by atoms with van der Waals surface area (Å²) in [4.78, 5) is 23.7. The van der Waals surface area contributed by atoms with E-state index in [0.717, 1.165) is 17.8 Å². The van der Waals surface area contributed by atoms with Crippen LogP contribution in [0.1, 0.15) is 66.7 Å². The molecule has 1 saturated carbocycles. The molecule has 1 aromatic carbocycles. The van der Waals surface area contributed by atoms with Gasteiger partial charge in [0.25, 0.3) is 5.91 Å². The zero-order chi connectivity index (χ0) is 17.6. The molecule has 0 aliphatic heterocycles. The molecule has 2 amide bonds. The van der Waals surface area contributed by atoms with E-state index in [9.17, 15) is 9.59 Å². The zero-order valence-corrected chi connectivity index (χ0v) is 15.1. The SMILES string of the molecule is CCC(=O)Nc1ccc(C(=O)Nc2nnc(C3CCCCC3)s2)cc1. The molecule has 0 spiro atoms. The van der Waals surface area contributed by atoms with Gasteiger partial charge in [0, 0.05) is 23.6 Å². The largest absolute Gasteiger partial charge is 0.326 e. The van der Waals surface area contributed by atoms with E-state index in [1.165, 1.54) is 30.6 Å². The summed E-state index contributed by atoms with van der Waals surface area (Å²) in [5.74, 6) is 0.208. The number of anilines is 2. The van der Waals surface area contributed by atoms with E-state index in [0.29, 0.717) is 28.7 Å². The van der Waals surface area contributed by atoms with Crippen LogP contribution in [0.25, 0.3) is 0 Å². The second-order valence-electron chi connectivity index (χ2n) is 6.21. The average Bonchev–Trinajstić information content (AvgIpc) is 3.11. The van der Waals surface area contributed by atoms with Crippen LogP contribution in [0, 0.1) is 0 Å². The summed E-state index contributed by atoms with van der Waals surface area (Å²) in [6.07, 6.45) is 6.52. The zero-order valence-electron chi connectivity index (χ0n) is 14.2. The first-order valence-corrected chi connectivity index (χ1v) is 9.52. The van der Waals surface area contributed by atoms with Gasteiger partial charge in [-0.05, 0) is 37.1 Å². The van der Waals surface area contributed by atoms with E-state index in [1.807, 2.05) is 0 Å². The van der Waals surface area contributed by atoms with E-state index in [2.05, 4.69) is 20.8 Å². The molecule has 1 aromatic heterocycles. The van der Waals surface area contributed by atoms with E-state index in [-0.39, 0.29) is 11.8 Å². The highest BCUT2D eigenvalue weighted by Crippen LogP contribution is 2.35. The fourth-order valence-electron chi connectivity index (χ4n) is 2.92. The van der Waals surface area contributed by atoms with Gasteiger partial charge in [-0.25, -0.2) is 0 Å². The highest BCUT2D eigenvalue weighted by atomic mass is 32.1. The normalized spacial score (nSPS) is 14.9. The predicted molar refractivity (Wildman–Crippen MR) is 99.1 cm³/mol. The second-order valence-corrected chi connectivity index (χ2v) is 7.22. The van der Waals surface area contributed by atoms with Gasteiger partial charge in [-0.1, -0.05) is 37.5 Å². The lowest BCUT2D eigenvalue weighted by Gasteiger charge is -2.18. The van der Waals surface area contributed by atoms with Crippen LogP contribution in [0.2, 0.25) is 0 Å². The van der Waals surface area contributed by atoms with Crippen molar-refractivity contribution < 1.29 is 9.59 Å². The Balaban J connectivity index is 1.60. The van der Waals surface area contributed by atoms with Gasteiger partial charge in [0.1, 0.15) is 5.01 Å². The molecule has 25 heavy (non-hydrogen) atoms. The summed E-state index contributed by atoms with van der Waals surface area (Å²) in [5, 5.41) is 15.5. The van der Waals surface area contributed by atoms with Gasteiger partial charge in [-0.2, -0.15) is 0 Å². The number of nitrogens with zero attached hydrogens (tertiary/aromatic N) is 2. The lowest BCUT2D eigenvalue weighted by Crippen LogP contribution is -2.12. The van der Waals surface area contributed by atoms with Crippen LogP contribution in [-0.4, -0.2) is 22.0 Å². The third kappa shape index (κ3) is 4.63. The molecule has 3 rings (SSSR count). The van der Waals surface area contributed by atoms with Crippen molar-refractivity contribution in [2.45, 2.75) is 51.4 Å². The molecular formula is C18H22N4O2S. The molecule has 2 N–H and O–H groups in total. The quantitative estimate of drug-likeness (QED) is 0.839. The van der Waals surface area contributed by atoms with Crippen LogP contribution in [-0.2, 0) is 4.79 Å². The van der Waals surface area contributed by atoms with Gasteiger partial charge in [0.2, 0.25) is 11.0 Å². The summed E-state index contributed by atoms with van der Waals surface area (Å²) in [5.41, 5.74) is 1.20. The number of carbonyl (C=O) groups excluding carboxylic acids is 2. The van der Waals surface area contributed by atoms with Crippen LogP contribution >= 0.6 is 11.3 Å². The van der Waals surface area contributed by atoms with Crippen LogP contribution in [0.15, 0.2) is 24.3 Å². The van der Waals surface area contributed by atoms with Crippen LogP contribution < -0.4 is 10.6 Å². The molecule has 1 aliphatic carbocycles. The average molecular weight is 358 g/mol. The number of hydrogen-bond acceptors (Lipinski definition) is 5. The third-order valence-corrected chi connectivity index (χ3v) is 5.37. The highest BCUT2D eigenvalue weighted by Gasteiger charge is 2.20. The summed E-state index contributed by atoms with van der Waals surface area (Å²) < 4.78 is 0. The molecule has 1 aliphatic rings. The molecule has 0 atom stereocenters. The molecule has 7 heteroatoms. The second kappa shape index (κ2) is 8.20. The van der Waals surface area contributed by atoms with E-state index < -0.39 is 0 Å². The Morgan fingerprint density at radius 2 is 1.80 bits per heavy atom. The molecule has 0 radical (unpaired) electrons. The number of aromatic nitrogens is 2. The van der Waals surface area contributed by atoms with Crippen molar-refractivity contribution in [2.75, 3.05) is 10.6 Å². The number of benzene rings is 1. The topological polar surface area (TPSA) is 84.0 Å². The predicted octanol–water partition coefficient (Wildman–Crippen LogP) is 4.19. The minimum absolute atomic E-state index is 0.0543. The first-order chi connectivity index (χ1) is 12.2. The molecule has 1 heterocycles. The van der Waals surface area contributed by atoms with Gasteiger partial charge in [0.15, 0.2) is 0 Å². The van der Waals surface area contributed by atoms with Crippen molar-refractivity contribution in [1.82, 2.24) is 10.2 Å². The van der Waals surface area contributed by atoms with Crippen molar-refractivity contribution in [3.05, 3.63) is 34.8 Å². The van der Waals surface area contributed by atoms with Gasteiger partial charge in [0.05, 0.1) is 0 Å². The maximum absolute atomic E-state index is 12.3. The molecule has 1 fully saturated rings. The van der Waals surface area contributed by atoms with Gasteiger partial charge >= 0.3 is 0 Å². The monoisotopic (exact) mass is 358 g/mol. The number of carbonyl (C=O) groups is 2. The minimum Gasteiger partial charge on any atom is -0.326 e. The first-order valence-electron chi connectivity index (χ1n) is 8.70. The van der Waals surface area contributed by atoms with Crippen molar-refractivity contribution in [2.24, 2.45) is 0 Å². The number of rotatable bonds is 5. The van der Waals surface area contributed by atoms with Crippen LogP contribution in [0.3, 0.4) is 0 Å². The van der Waals surface area contributed by atoms with Crippen LogP contribution in [0.4, 0.5) is 10.8 Å². The molecular weight excluding hydrogens is 336 g/mol. The summed E-state index contributed by atoms with van der Waals surface area (Å²) >= 11 is 1.47. The molecule has 0 bridgehead atoms. The number of nitrogens with one attached hydrogen (secondary N) is 2. The lowest BCUT2D eigenvalue weighted by molar-refractivity contribution is -0.115. The Kier molecular flexibility index (Phi) is 5.75. The minimum atomic E-state index is -0.222. The summed E-state index contributed by atoms with van der Waals surface area (Å²) in [7, 11) is 0. The fraction of sp³-hybridized carbons (Fsp3) is 0.444. The third-order valence-electron chi connectivity index (χ3n) is 4.37. The number of hydrogen-bond donors (Lipinski definition) is 2. The Bertz CT molecular complexity index is 736. The highest BCUT2D eigenvalue weighted by molar-refractivity contribution is 7.15. The Hall–Kier alpha value is -2.28. The molecule has 132 valence electrons. The van der Waals surface area contributed by atoms with Gasteiger partial charge < -0.3 is 5.32 Å². The maximum atomic E-state index is 12.3. The van der Waals surface area contributed by atoms with Crippen molar-refractivity contribution >= 4 is 34.0 Å². The first kappa shape index (κ1) is 17.5. The van der Waals surface area contributed by atoms with E-state index >= 15 is 0 Å². The summed E-state index contributed by atoms with van der Waals surface area (Å²) in [6, 6.07) is 6.80. The Morgan fingerprint density at radius 3 is 2.48 bits per heavy atom. The van der Waals surface area contributed by atoms with Gasteiger partial charge in [-0.3, -0.25) is 14.9 Å². The Morgan fingerprint density at radius 1 is 1.08 bits per heavy atom. The van der Waals surface area contributed by atoms with Crippen molar-refractivity contribution in [3.63, 3.8) is 0 Å². The molecule has 0 unspecified atom stereocenters. The lowest BCUT2D eigenvalue weighted by atomic mass is 9.90. The van der Waals surface area contributed by atoms with Crippen molar-refractivity contribution in [1.29, 1.82) is 0 Å². The molecule has 2 aromatic rings. The van der Waals surface area contributed by atoms with Crippen molar-refractivity contribution in [3.8, 4) is 0 Å². The van der Waals surface area contributed by atoms with Gasteiger partial charge in [-0.15, -0.1) is 10.2 Å². The van der Waals surface area contributed by atoms with E-state index in [1.54, 1.807) is 31.2 Å². The fourth-order valence-corrected chi connectivity index (χ4v) is 3.83. The Labute approximate surface area is 151 Å². The maximum Gasteiger partial charge on any atom is 0.257 e. The number of amides is 2.